The molecule has 5 nitrogen and oxygen atoms in total. The monoisotopic (exact) mass is 399 g/mol. The summed E-state index contributed by atoms with van der Waals surface area (Å²) in [5, 5.41) is 12.6. The molecular weight excluding hydrogens is 386 g/mol. The van der Waals surface area contributed by atoms with Crippen molar-refractivity contribution in [2.24, 2.45) is 0 Å². The second-order valence-corrected chi connectivity index (χ2v) is 8.52. The van der Waals surface area contributed by atoms with E-state index in [9.17, 15) is 18.3 Å². The summed E-state index contributed by atoms with van der Waals surface area (Å²) in [6.45, 7) is 0. The summed E-state index contributed by atoms with van der Waals surface area (Å²) in [6.07, 6.45) is 0. The summed E-state index contributed by atoms with van der Waals surface area (Å²) in [6, 6.07) is 16.8. The number of rotatable bonds is 2. The van der Waals surface area contributed by atoms with Crippen molar-refractivity contribution in [2.45, 2.75) is 4.90 Å². The SMILES string of the molecule is CN1C(C(=O)c2ccc3ccccc3c2)=C(O)c2c(Cl)cccc2S1(=O)=O. The predicted molar refractivity (Wildman–Crippen MR) is 104 cm³/mol. The molecule has 0 bridgehead atoms. The van der Waals surface area contributed by atoms with E-state index in [1.807, 2.05) is 24.3 Å². The first kappa shape index (κ1) is 17.6. The predicted octanol–water partition coefficient (Wildman–Crippen LogP) is 4.24. The number of carbonyl (C=O) groups excluding carboxylic acids is 1. The highest BCUT2D eigenvalue weighted by Gasteiger charge is 2.39. The first-order valence-corrected chi connectivity index (χ1v) is 9.88. The molecule has 0 fully saturated rings. The highest BCUT2D eigenvalue weighted by Crippen LogP contribution is 2.39. The summed E-state index contributed by atoms with van der Waals surface area (Å²) < 4.78 is 26.5. The van der Waals surface area contributed by atoms with Gasteiger partial charge in [-0.25, -0.2) is 8.42 Å². The summed E-state index contributed by atoms with van der Waals surface area (Å²) in [4.78, 5) is 13.0. The first-order valence-electron chi connectivity index (χ1n) is 8.07. The molecule has 0 amide bonds. The maximum Gasteiger partial charge on any atom is 0.265 e. The fourth-order valence-corrected chi connectivity index (χ4v) is 4.94. The van der Waals surface area contributed by atoms with Crippen LogP contribution in [-0.2, 0) is 10.0 Å². The van der Waals surface area contributed by atoms with Gasteiger partial charge in [-0.3, -0.25) is 9.10 Å². The van der Waals surface area contributed by atoms with Crippen LogP contribution in [0.15, 0.2) is 71.3 Å². The lowest BCUT2D eigenvalue weighted by Gasteiger charge is -2.29. The molecule has 1 N–H and O–H groups in total. The van der Waals surface area contributed by atoms with E-state index in [0.717, 1.165) is 15.1 Å². The number of likely N-dealkylation sites (N-methyl/N-ethyl adjacent to an activating group) is 1. The number of halogens is 1. The van der Waals surface area contributed by atoms with Gasteiger partial charge in [-0.2, -0.15) is 0 Å². The Morgan fingerprint density at radius 2 is 1.70 bits per heavy atom. The number of aliphatic hydroxyl groups is 1. The van der Waals surface area contributed by atoms with E-state index in [2.05, 4.69) is 0 Å². The smallest absolute Gasteiger partial charge is 0.265 e. The van der Waals surface area contributed by atoms with Gasteiger partial charge in [0.15, 0.2) is 5.76 Å². The van der Waals surface area contributed by atoms with Gasteiger partial charge in [0.2, 0.25) is 5.78 Å². The molecule has 27 heavy (non-hydrogen) atoms. The second-order valence-electron chi connectivity index (χ2n) is 6.17. The van der Waals surface area contributed by atoms with Crippen LogP contribution in [0.25, 0.3) is 16.5 Å². The average Bonchev–Trinajstić information content (AvgIpc) is 2.66. The number of Topliss-reactive ketones (excluding diaryl/α,β-unsaturated/α-hetero) is 1. The van der Waals surface area contributed by atoms with Crippen LogP contribution in [-0.4, -0.2) is 30.7 Å². The van der Waals surface area contributed by atoms with Crippen LogP contribution in [0.5, 0.6) is 0 Å². The molecule has 3 aromatic carbocycles. The minimum Gasteiger partial charge on any atom is -0.505 e. The normalized spacial score (nSPS) is 15.7. The van der Waals surface area contributed by atoms with Gasteiger partial charge in [-0.1, -0.05) is 54.1 Å². The molecule has 1 heterocycles. The number of aliphatic hydroxyl groups excluding tert-OH is 1. The largest absolute Gasteiger partial charge is 0.505 e. The maximum atomic E-state index is 13.1. The van der Waals surface area contributed by atoms with Crippen molar-refractivity contribution in [3.63, 3.8) is 0 Å². The lowest BCUT2D eigenvalue weighted by Crippen LogP contribution is -2.35. The molecule has 1 aliphatic heterocycles. The molecule has 4 rings (SSSR count). The molecule has 0 radical (unpaired) electrons. The van der Waals surface area contributed by atoms with Crippen LogP contribution in [0.3, 0.4) is 0 Å². The number of hydrogen-bond donors (Lipinski definition) is 1. The summed E-state index contributed by atoms with van der Waals surface area (Å²) in [5.41, 5.74) is -0.111. The summed E-state index contributed by atoms with van der Waals surface area (Å²) in [5.74, 6) is -1.05. The lowest BCUT2D eigenvalue weighted by atomic mass is 10.0. The fraction of sp³-hybridized carbons (Fsp3) is 0.0500. The Kier molecular flexibility index (Phi) is 3.98. The van der Waals surface area contributed by atoms with Gasteiger partial charge in [-0.15, -0.1) is 0 Å². The van der Waals surface area contributed by atoms with Crippen molar-refractivity contribution in [3.05, 3.63) is 82.5 Å². The molecule has 0 unspecified atom stereocenters. The van der Waals surface area contributed by atoms with Crippen LogP contribution in [0, 0.1) is 0 Å². The van der Waals surface area contributed by atoms with Gasteiger partial charge in [0, 0.05) is 12.6 Å². The Morgan fingerprint density at radius 1 is 1.00 bits per heavy atom. The molecule has 0 atom stereocenters. The van der Waals surface area contributed by atoms with Crippen LogP contribution >= 0.6 is 11.6 Å². The lowest BCUT2D eigenvalue weighted by molar-refractivity contribution is 0.101. The Morgan fingerprint density at radius 3 is 2.44 bits per heavy atom. The highest BCUT2D eigenvalue weighted by molar-refractivity contribution is 7.89. The fourth-order valence-electron chi connectivity index (χ4n) is 3.20. The topological polar surface area (TPSA) is 74.7 Å². The molecular formula is C20H14ClNO4S. The maximum absolute atomic E-state index is 13.1. The standard InChI is InChI=1S/C20H14ClNO4S/c1-22-18(19(23)14-10-9-12-5-2-3-6-13(12)11-14)20(24)17-15(21)7-4-8-16(17)27(22,25)26/h2-11,24H,1H3. The van der Waals surface area contributed by atoms with Crippen molar-refractivity contribution < 1.29 is 18.3 Å². The van der Waals surface area contributed by atoms with Crippen molar-refractivity contribution >= 4 is 43.9 Å². The highest BCUT2D eigenvalue weighted by atomic mass is 35.5. The Hall–Kier alpha value is -2.83. The van der Waals surface area contributed by atoms with E-state index in [0.29, 0.717) is 0 Å². The van der Waals surface area contributed by atoms with E-state index < -0.39 is 21.6 Å². The molecule has 7 heteroatoms. The van der Waals surface area contributed by atoms with Crippen LogP contribution in [0.4, 0.5) is 0 Å². The number of sulfonamides is 1. The molecule has 1 aliphatic rings. The van der Waals surface area contributed by atoms with Crippen molar-refractivity contribution in [2.75, 3.05) is 7.05 Å². The molecule has 0 saturated carbocycles. The zero-order chi connectivity index (χ0) is 19.3. The first-order chi connectivity index (χ1) is 12.8. The van der Waals surface area contributed by atoms with Gasteiger partial charge in [0.05, 0.1) is 10.6 Å². The number of nitrogens with zero attached hydrogens (tertiary/aromatic N) is 1. The van der Waals surface area contributed by atoms with Gasteiger partial charge in [0.1, 0.15) is 10.6 Å². The summed E-state index contributed by atoms with van der Waals surface area (Å²) >= 11 is 6.12. The van der Waals surface area contributed by atoms with Crippen LogP contribution in [0.1, 0.15) is 15.9 Å². The average molecular weight is 400 g/mol. The van der Waals surface area contributed by atoms with E-state index in [4.69, 9.17) is 11.6 Å². The third kappa shape index (κ3) is 2.60. The number of carbonyl (C=O) groups is 1. The number of allylic oxidation sites excluding steroid dienone is 1. The zero-order valence-corrected chi connectivity index (χ0v) is 15.8. The second kappa shape index (κ2) is 6.11. The Balaban J connectivity index is 1.94. The van der Waals surface area contributed by atoms with Gasteiger partial charge in [0.25, 0.3) is 10.0 Å². The third-order valence-corrected chi connectivity index (χ3v) is 6.73. The van der Waals surface area contributed by atoms with Crippen molar-refractivity contribution in [3.8, 4) is 0 Å². The minimum absolute atomic E-state index is 0.0543. The minimum atomic E-state index is -4.01. The molecule has 0 aliphatic carbocycles. The Labute approximate surface area is 161 Å². The molecule has 0 saturated heterocycles. The summed E-state index contributed by atoms with van der Waals surface area (Å²) in [7, 11) is -2.77. The zero-order valence-electron chi connectivity index (χ0n) is 14.2. The number of benzene rings is 3. The van der Waals surface area contributed by atoms with Gasteiger partial charge >= 0.3 is 0 Å². The molecule has 3 aromatic rings. The van der Waals surface area contributed by atoms with E-state index >= 15 is 0 Å². The number of ketones is 1. The van der Waals surface area contributed by atoms with Crippen LogP contribution < -0.4 is 0 Å². The number of hydrogen-bond acceptors (Lipinski definition) is 4. The van der Waals surface area contributed by atoms with Gasteiger partial charge < -0.3 is 5.11 Å². The van der Waals surface area contributed by atoms with Crippen LogP contribution in [0.2, 0.25) is 5.02 Å². The quantitative estimate of drug-likeness (QED) is 0.654. The number of fused-ring (bicyclic) bond motifs is 2. The molecule has 136 valence electrons. The van der Waals surface area contributed by atoms with Gasteiger partial charge in [-0.05, 0) is 29.0 Å². The van der Waals surface area contributed by atoms with E-state index in [1.54, 1.807) is 18.2 Å². The molecule has 0 spiro atoms. The molecule has 0 aromatic heterocycles. The van der Waals surface area contributed by atoms with E-state index in [1.165, 1.54) is 25.2 Å². The van der Waals surface area contributed by atoms with Crippen molar-refractivity contribution in [1.82, 2.24) is 4.31 Å². The van der Waals surface area contributed by atoms with E-state index in [-0.39, 0.29) is 26.7 Å². The Bertz CT molecular complexity index is 1250. The van der Waals surface area contributed by atoms with Crippen molar-refractivity contribution in [1.29, 1.82) is 0 Å². The third-order valence-electron chi connectivity index (χ3n) is 4.62.